The number of allylic oxidation sites excluding steroid dienone is 2. The zero-order valence-electron chi connectivity index (χ0n) is 18.8. The van der Waals surface area contributed by atoms with E-state index in [0.29, 0.717) is 5.56 Å². The molecule has 0 aliphatic carbocycles. The van der Waals surface area contributed by atoms with Gasteiger partial charge >= 0.3 is 5.97 Å². The normalized spacial score (nSPS) is 11.3. The van der Waals surface area contributed by atoms with Crippen LogP contribution in [0.3, 0.4) is 0 Å². The SMILES string of the molecule is CC/C(C)=C(/C)c1cc(Cc2cccc(C(=O)OC)c2)ccc1C.CCCCCl. The van der Waals surface area contributed by atoms with Crippen LogP contribution in [0.2, 0.25) is 0 Å². The summed E-state index contributed by atoms with van der Waals surface area (Å²) in [6.07, 6.45) is 4.23. The van der Waals surface area contributed by atoms with E-state index in [2.05, 4.69) is 52.8 Å². The highest BCUT2D eigenvalue weighted by atomic mass is 35.5. The van der Waals surface area contributed by atoms with Crippen LogP contribution < -0.4 is 0 Å². The molecule has 0 radical (unpaired) electrons. The molecule has 2 aromatic rings. The van der Waals surface area contributed by atoms with Gasteiger partial charge in [0.05, 0.1) is 12.7 Å². The maximum absolute atomic E-state index is 11.7. The highest BCUT2D eigenvalue weighted by Crippen LogP contribution is 2.25. The Morgan fingerprint density at radius 2 is 1.72 bits per heavy atom. The number of aryl methyl sites for hydroxylation is 1. The fraction of sp³-hybridized carbons (Fsp3) is 0.423. The lowest BCUT2D eigenvalue weighted by Gasteiger charge is -2.13. The van der Waals surface area contributed by atoms with Gasteiger partial charge in [-0.2, -0.15) is 0 Å². The second-order valence-corrected chi connectivity index (χ2v) is 7.70. The summed E-state index contributed by atoms with van der Waals surface area (Å²) >= 11 is 5.30. The van der Waals surface area contributed by atoms with Gasteiger partial charge in [0.1, 0.15) is 0 Å². The summed E-state index contributed by atoms with van der Waals surface area (Å²) in [6.45, 7) is 10.9. The molecule has 29 heavy (non-hydrogen) atoms. The van der Waals surface area contributed by atoms with Crippen molar-refractivity contribution in [1.82, 2.24) is 0 Å². The summed E-state index contributed by atoms with van der Waals surface area (Å²) in [4.78, 5) is 11.7. The first-order chi connectivity index (χ1) is 13.9. The van der Waals surface area contributed by atoms with Gasteiger partial charge in [-0.1, -0.05) is 56.2 Å². The lowest BCUT2D eigenvalue weighted by molar-refractivity contribution is 0.0600. The lowest BCUT2D eigenvalue weighted by atomic mass is 9.93. The molecule has 2 rings (SSSR count). The number of unbranched alkanes of at least 4 members (excludes halogenated alkanes) is 1. The highest BCUT2D eigenvalue weighted by molar-refractivity contribution is 6.17. The molecule has 0 amide bonds. The van der Waals surface area contributed by atoms with Gasteiger partial charge in [-0.25, -0.2) is 4.79 Å². The zero-order valence-corrected chi connectivity index (χ0v) is 19.5. The number of halogens is 1. The van der Waals surface area contributed by atoms with Gasteiger partial charge in [0, 0.05) is 5.88 Å². The maximum Gasteiger partial charge on any atom is 0.337 e. The van der Waals surface area contributed by atoms with Crippen molar-refractivity contribution in [2.75, 3.05) is 13.0 Å². The van der Waals surface area contributed by atoms with Crippen molar-refractivity contribution in [3.05, 3.63) is 75.9 Å². The summed E-state index contributed by atoms with van der Waals surface area (Å²) in [6, 6.07) is 14.3. The van der Waals surface area contributed by atoms with Crippen LogP contribution in [-0.2, 0) is 11.2 Å². The molecule has 0 saturated carbocycles. The van der Waals surface area contributed by atoms with Gasteiger partial charge in [-0.15, -0.1) is 11.6 Å². The fourth-order valence-corrected chi connectivity index (χ4v) is 3.24. The van der Waals surface area contributed by atoms with Crippen molar-refractivity contribution in [1.29, 1.82) is 0 Å². The molecule has 158 valence electrons. The van der Waals surface area contributed by atoms with E-state index >= 15 is 0 Å². The number of ether oxygens (including phenoxy) is 1. The zero-order chi connectivity index (χ0) is 21.8. The number of hydrogen-bond donors (Lipinski definition) is 0. The Morgan fingerprint density at radius 1 is 1.03 bits per heavy atom. The van der Waals surface area contributed by atoms with E-state index < -0.39 is 0 Å². The Labute approximate surface area is 181 Å². The van der Waals surface area contributed by atoms with Crippen LogP contribution in [0.15, 0.2) is 48.0 Å². The number of rotatable bonds is 7. The predicted molar refractivity (Wildman–Crippen MR) is 126 cm³/mol. The lowest BCUT2D eigenvalue weighted by Crippen LogP contribution is -2.02. The Kier molecular flexibility index (Phi) is 11.4. The number of hydrogen-bond acceptors (Lipinski definition) is 2. The third-order valence-corrected chi connectivity index (χ3v) is 5.39. The van der Waals surface area contributed by atoms with Crippen LogP contribution in [0.1, 0.15) is 79.6 Å². The molecule has 0 spiro atoms. The molecular weight excluding hydrogens is 380 g/mol. The molecule has 0 heterocycles. The van der Waals surface area contributed by atoms with E-state index in [0.717, 1.165) is 30.7 Å². The standard InChI is InChI=1S/C22H26O2.C4H9Cl/c1-6-15(2)17(4)21-14-19(11-10-16(21)3)12-18-8-7-9-20(13-18)22(23)24-5;1-2-3-4-5/h7-11,13-14H,6,12H2,1-5H3;2-4H2,1H3/b17-15-;. The second kappa shape index (κ2) is 13.2. The first-order valence-electron chi connectivity index (χ1n) is 10.4. The van der Waals surface area contributed by atoms with Gasteiger partial charge in [0.2, 0.25) is 0 Å². The fourth-order valence-electron chi connectivity index (χ4n) is 2.97. The Hall–Kier alpha value is -2.06. The van der Waals surface area contributed by atoms with Crippen LogP contribution in [0, 0.1) is 6.92 Å². The Bertz CT molecular complexity index is 819. The van der Waals surface area contributed by atoms with Crippen molar-refractivity contribution in [2.45, 2.75) is 60.3 Å². The molecule has 0 aliphatic rings. The number of carbonyl (C=O) groups excluding carboxylic acids is 1. The van der Waals surface area contributed by atoms with Crippen molar-refractivity contribution in [3.63, 3.8) is 0 Å². The molecule has 0 bridgehead atoms. The first-order valence-corrected chi connectivity index (χ1v) is 10.9. The van der Waals surface area contributed by atoms with Gasteiger partial charge < -0.3 is 4.74 Å². The molecule has 0 unspecified atom stereocenters. The summed E-state index contributed by atoms with van der Waals surface area (Å²) in [5, 5.41) is 0. The molecule has 3 heteroatoms. The van der Waals surface area contributed by atoms with Crippen molar-refractivity contribution >= 4 is 23.1 Å². The Morgan fingerprint density at radius 3 is 2.28 bits per heavy atom. The van der Waals surface area contributed by atoms with Gasteiger partial charge in [-0.3, -0.25) is 0 Å². The van der Waals surface area contributed by atoms with E-state index in [9.17, 15) is 4.79 Å². The van der Waals surface area contributed by atoms with Crippen LogP contribution >= 0.6 is 11.6 Å². The molecule has 2 nitrogen and oxygen atoms in total. The number of carbonyl (C=O) groups is 1. The van der Waals surface area contributed by atoms with E-state index in [-0.39, 0.29) is 5.97 Å². The molecule has 0 fully saturated rings. The van der Waals surface area contributed by atoms with E-state index in [1.165, 1.54) is 41.4 Å². The first kappa shape index (κ1) is 25.0. The van der Waals surface area contributed by atoms with E-state index in [4.69, 9.17) is 16.3 Å². The summed E-state index contributed by atoms with van der Waals surface area (Å²) in [5.41, 5.74) is 8.36. The number of methoxy groups -OCH3 is 1. The minimum absolute atomic E-state index is 0.293. The summed E-state index contributed by atoms with van der Waals surface area (Å²) in [7, 11) is 1.41. The average molecular weight is 415 g/mol. The number of esters is 1. The maximum atomic E-state index is 11.7. The molecule has 0 atom stereocenters. The topological polar surface area (TPSA) is 26.3 Å². The predicted octanol–water partition coefficient (Wildman–Crippen LogP) is 7.60. The van der Waals surface area contributed by atoms with Gasteiger partial charge in [0.15, 0.2) is 0 Å². The van der Waals surface area contributed by atoms with E-state index in [1.54, 1.807) is 6.07 Å². The smallest absolute Gasteiger partial charge is 0.337 e. The molecule has 0 aliphatic heterocycles. The molecular formula is C26H35ClO2. The molecule has 0 N–H and O–H groups in total. The Balaban J connectivity index is 0.000000749. The number of alkyl halides is 1. The largest absolute Gasteiger partial charge is 0.465 e. The van der Waals surface area contributed by atoms with Crippen LogP contribution in [0.25, 0.3) is 5.57 Å². The van der Waals surface area contributed by atoms with Crippen molar-refractivity contribution in [2.24, 2.45) is 0 Å². The van der Waals surface area contributed by atoms with Crippen LogP contribution in [0.4, 0.5) is 0 Å². The minimum Gasteiger partial charge on any atom is -0.465 e. The van der Waals surface area contributed by atoms with Gasteiger partial charge in [0.25, 0.3) is 0 Å². The third kappa shape index (κ3) is 8.06. The highest BCUT2D eigenvalue weighted by Gasteiger charge is 2.08. The van der Waals surface area contributed by atoms with Crippen molar-refractivity contribution in [3.8, 4) is 0 Å². The molecule has 0 aromatic heterocycles. The van der Waals surface area contributed by atoms with Crippen LogP contribution in [-0.4, -0.2) is 19.0 Å². The molecule has 0 saturated heterocycles. The minimum atomic E-state index is -0.293. The summed E-state index contributed by atoms with van der Waals surface area (Å²) in [5.74, 6) is 0.523. The van der Waals surface area contributed by atoms with Gasteiger partial charge in [-0.05, 0) is 80.0 Å². The van der Waals surface area contributed by atoms with Crippen LogP contribution in [0.5, 0.6) is 0 Å². The molecule has 2 aromatic carbocycles. The third-order valence-electron chi connectivity index (χ3n) is 5.12. The summed E-state index contributed by atoms with van der Waals surface area (Å²) < 4.78 is 4.80. The quantitative estimate of drug-likeness (QED) is 0.344. The van der Waals surface area contributed by atoms with E-state index in [1.807, 2.05) is 18.2 Å². The second-order valence-electron chi connectivity index (χ2n) is 7.32. The average Bonchev–Trinajstić information content (AvgIpc) is 2.74. The number of benzene rings is 2. The monoisotopic (exact) mass is 414 g/mol. The van der Waals surface area contributed by atoms with Crippen molar-refractivity contribution < 1.29 is 9.53 Å².